The first kappa shape index (κ1) is 16.9. The van der Waals surface area contributed by atoms with Crippen molar-refractivity contribution in [2.24, 2.45) is 5.92 Å². The van der Waals surface area contributed by atoms with Crippen LogP contribution in [0.5, 0.6) is 0 Å². The molecule has 1 rings (SSSR count). The molecule has 2 atom stereocenters. The zero-order chi connectivity index (χ0) is 15.2. The molecule has 0 saturated heterocycles. The molecule has 0 aromatic carbocycles. The van der Waals surface area contributed by atoms with Crippen LogP contribution in [0.25, 0.3) is 0 Å². The van der Waals surface area contributed by atoms with Crippen molar-refractivity contribution in [1.29, 1.82) is 0 Å². The third-order valence-corrected chi connectivity index (χ3v) is 3.45. The summed E-state index contributed by atoms with van der Waals surface area (Å²) < 4.78 is 9.82. The second kappa shape index (κ2) is 7.57. The SMILES string of the molecule is COC(=O)C(C)CCC[C@](O)(OC)c1cc(Cl)ccn1. The Morgan fingerprint density at radius 2 is 2.25 bits per heavy atom. The summed E-state index contributed by atoms with van der Waals surface area (Å²) >= 11 is 5.88. The lowest BCUT2D eigenvalue weighted by Gasteiger charge is -2.26. The minimum absolute atomic E-state index is 0.214. The van der Waals surface area contributed by atoms with Crippen molar-refractivity contribution in [3.8, 4) is 0 Å². The third-order valence-electron chi connectivity index (χ3n) is 3.22. The van der Waals surface area contributed by atoms with Crippen LogP contribution in [-0.2, 0) is 20.1 Å². The van der Waals surface area contributed by atoms with Gasteiger partial charge < -0.3 is 14.6 Å². The summed E-state index contributed by atoms with van der Waals surface area (Å²) in [5, 5.41) is 10.9. The first-order valence-corrected chi connectivity index (χ1v) is 6.78. The number of methoxy groups -OCH3 is 2. The molecule has 0 aliphatic heterocycles. The molecule has 1 aromatic heterocycles. The Bertz CT molecular complexity index is 455. The summed E-state index contributed by atoms with van der Waals surface area (Å²) in [6.45, 7) is 1.79. The van der Waals surface area contributed by atoms with Crippen LogP contribution in [0.15, 0.2) is 18.3 Å². The molecule has 0 radical (unpaired) electrons. The number of hydrogen-bond donors (Lipinski definition) is 1. The van der Waals surface area contributed by atoms with E-state index in [9.17, 15) is 9.90 Å². The third kappa shape index (κ3) is 4.44. The van der Waals surface area contributed by atoms with Crippen molar-refractivity contribution in [3.05, 3.63) is 29.0 Å². The van der Waals surface area contributed by atoms with Gasteiger partial charge in [-0.05, 0) is 25.0 Å². The number of aliphatic hydroxyl groups is 1. The van der Waals surface area contributed by atoms with Crippen LogP contribution < -0.4 is 0 Å². The molecule has 1 unspecified atom stereocenters. The van der Waals surface area contributed by atoms with Crippen molar-refractivity contribution in [2.75, 3.05) is 14.2 Å². The summed E-state index contributed by atoms with van der Waals surface area (Å²) in [4.78, 5) is 15.4. The molecular weight excluding hydrogens is 282 g/mol. The van der Waals surface area contributed by atoms with Gasteiger partial charge in [0.2, 0.25) is 5.79 Å². The van der Waals surface area contributed by atoms with Crippen molar-refractivity contribution in [2.45, 2.75) is 32.0 Å². The average Bonchev–Trinajstić information content (AvgIpc) is 2.45. The van der Waals surface area contributed by atoms with Gasteiger partial charge in [-0.25, -0.2) is 0 Å². The van der Waals surface area contributed by atoms with Crippen LogP contribution in [0.1, 0.15) is 31.9 Å². The molecule has 5 nitrogen and oxygen atoms in total. The van der Waals surface area contributed by atoms with Crippen molar-refractivity contribution >= 4 is 17.6 Å². The van der Waals surface area contributed by atoms with Crippen molar-refractivity contribution < 1.29 is 19.4 Å². The molecular formula is C14H20ClNO4. The Morgan fingerprint density at radius 1 is 1.55 bits per heavy atom. The lowest BCUT2D eigenvalue weighted by molar-refractivity contribution is -0.202. The molecule has 1 N–H and O–H groups in total. The Labute approximate surface area is 123 Å². The van der Waals surface area contributed by atoms with Gasteiger partial charge in [0, 0.05) is 24.8 Å². The molecule has 20 heavy (non-hydrogen) atoms. The van der Waals surface area contributed by atoms with Gasteiger partial charge in [-0.3, -0.25) is 9.78 Å². The fourth-order valence-electron chi connectivity index (χ4n) is 1.92. The van der Waals surface area contributed by atoms with E-state index in [1.54, 1.807) is 19.1 Å². The first-order valence-electron chi connectivity index (χ1n) is 6.40. The monoisotopic (exact) mass is 301 g/mol. The Hall–Kier alpha value is -1.17. The average molecular weight is 302 g/mol. The zero-order valence-electron chi connectivity index (χ0n) is 11.9. The predicted molar refractivity (Wildman–Crippen MR) is 75.2 cm³/mol. The van der Waals surface area contributed by atoms with Gasteiger partial charge in [-0.1, -0.05) is 18.5 Å². The maximum Gasteiger partial charge on any atom is 0.308 e. The highest BCUT2D eigenvalue weighted by molar-refractivity contribution is 6.30. The maximum absolute atomic E-state index is 11.3. The molecule has 112 valence electrons. The van der Waals surface area contributed by atoms with E-state index in [-0.39, 0.29) is 11.9 Å². The highest BCUT2D eigenvalue weighted by atomic mass is 35.5. The number of ether oxygens (including phenoxy) is 2. The Balaban J connectivity index is 2.64. The number of carbonyl (C=O) groups is 1. The van der Waals surface area contributed by atoms with Gasteiger partial charge in [-0.2, -0.15) is 0 Å². The normalized spacial score (nSPS) is 15.4. The van der Waals surface area contributed by atoms with Crippen LogP contribution in [0.2, 0.25) is 5.02 Å². The second-order valence-corrected chi connectivity index (χ2v) is 5.10. The second-order valence-electron chi connectivity index (χ2n) is 4.66. The highest BCUT2D eigenvalue weighted by Crippen LogP contribution is 2.28. The van der Waals surface area contributed by atoms with Crippen LogP contribution in [0.4, 0.5) is 0 Å². The molecule has 0 aliphatic carbocycles. The number of aromatic nitrogens is 1. The number of hydrogen-bond acceptors (Lipinski definition) is 5. The largest absolute Gasteiger partial charge is 0.469 e. The number of carbonyl (C=O) groups excluding carboxylic acids is 1. The summed E-state index contributed by atoms with van der Waals surface area (Å²) in [6.07, 6.45) is 3.02. The van der Waals surface area contributed by atoms with E-state index in [0.29, 0.717) is 30.0 Å². The van der Waals surface area contributed by atoms with Crippen LogP contribution in [0, 0.1) is 5.92 Å². The fourth-order valence-corrected chi connectivity index (χ4v) is 2.08. The van der Waals surface area contributed by atoms with E-state index in [1.165, 1.54) is 20.4 Å². The van der Waals surface area contributed by atoms with Gasteiger partial charge in [0.15, 0.2) is 0 Å². The molecule has 0 spiro atoms. The highest BCUT2D eigenvalue weighted by Gasteiger charge is 2.30. The molecule has 1 aromatic rings. The van der Waals surface area contributed by atoms with E-state index in [2.05, 4.69) is 9.72 Å². The number of rotatable bonds is 7. The lowest BCUT2D eigenvalue weighted by Crippen LogP contribution is -2.29. The standard InChI is InChI=1S/C14H20ClNO4/c1-10(13(17)19-2)5-4-7-14(18,20-3)12-9-11(15)6-8-16-12/h6,8-10,18H,4-5,7H2,1-3H3/t10?,14-/m0/s1. The van der Waals surface area contributed by atoms with E-state index in [1.807, 2.05) is 0 Å². The summed E-state index contributed by atoms with van der Waals surface area (Å²) in [6, 6.07) is 3.19. The van der Waals surface area contributed by atoms with Crippen LogP contribution in [-0.4, -0.2) is 30.3 Å². The Kier molecular flexibility index (Phi) is 6.39. The minimum atomic E-state index is -1.50. The molecule has 1 heterocycles. The quantitative estimate of drug-likeness (QED) is 0.619. The lowest BCUT2D eigenvalue weighted by atomic mass is 9.99. The van der Waals surface area contributed by atoms with Crippen LogP contribution in [0.3, 0.4) is 0 Å². The first-order chi connectivity index (χ1) is 9.42. The van der Waals surface area contributed by atoms with Gasteiger partial charge in [-0.15, -0.1) is 0 Å². The van der Waals surface area contributed by atoms with E-state index < -0.39 is 5.79 Å². The maximum atomic E-state index is 11.3. The van der Waals surface area contributed by atoms with Gasteiger partial charge >= 0.3 is 5.97 Å². The molecule has 0 amide bonds. The minimum Gasteiger partial charge on any atom is -0.469 e. The molecule has 6 heteroatoms. The van der Waals surface area contributed by atoms with Gasteiger partial charge in [0.25, 0.3) is 0 Å². The van der Waals surface area contributed by atoms with E-state index >= 15 is 0 Å². The molecule has 0 bridgehead atoms. The predicted octanol–water partition coefficient (Wildman–Crippen LogP) is 2.51. The van der Waals surface area contributed by atoms with Crippen molar-refractivity contribution in [3.63, 3.8) is 0 Å². The number of esters is 1. The van der Waals surface area contributed by atoms with E-state index in [0.717, 1.165) is 0 Å². The topological polar surface area (TPSA) is 68.7 Å². The van der Waals surface area contributed by atoms with Crippen molar-refractivity contribution in [1.82, 2.24) is 4.98 Å². The zero-order valence-corrected chi connectivity index (χ0v) is 12.7. The number of halogens is 1. The van der Waals surface area contributed by atoms with Crippen LogP contribution >= 0.6 is 11.6 Å². The van der Waals surface area contributed by atoms with Gasteiger partial charge in [0.05, 0.1) is 13.0 Å². The summed E-state index contributed by atoms with van der Waals surface area (Å²) in [7, 11) is 2.77. The van der Waals surface area contributed by atoms with E-state index in [4.69, 9.17) is 16.3 Å². The summed E-state index contributed by atoms with van der Waals surface area (Å²) in [5.74, 6) is -1.97. The fraction of sp³-hybridized carbons (Fsp3) is 0.571. The Morgan fingerprint density at radius 3 is 2.80 bits per heavy atom. The number of nitrogens with zero attached hydrogens (tertiary/aromatic N) is 1. The molecule has 0 saturated carbocycles. The van der Waals surface area contributed by atoms with Gasteiger partial charge in [0.1, 0.15) is 5.69 Å². The molecule has 0 aliphatic rings. The number of pyridine rings is 1. The molecule has 0 fully saturated rings. The smallest absolute Gasteiger partial charge is 0.308 e. The summed E-state index contributed by atoms with van der Waals surface area (Å²) in [5.41, 5.74) is 0.359.